The van der Waals surface area contributed by atoms with Gasteiger partial charge in [0, 0.05) is 20.8 Å². The number of aliphatic hydroxyl groups is 5. The lowest BCUT2D eigenvalue weighted by atomic mass is 9.93. The summed E-state index contributed by atoms with van der Waals surface area (Å²) in [6, 6.07) is -2.87. The van der Waals surface area contributed by atoms with E-state index in [1.807, 2.05) is 0 Å². The molecule has 16 heteroatoms. The fourth-order valence-corrected chi connectivity index (χ4v) is 5.24. The maximum absolute atomic E-state index is 12.0. The highest BCUT2D eigenvalue weighted by Crippen LogP contribution is 2.32. The Bertz CT molecular complexity index is 911. The summed E-state index contributed by atoms with van der Waals surface area (Å²) in [4.78, 5) is 35.3. The monoisotopic (exact) mass is 579 g/mol. The van der Waals surface area contributed by atoms with Gasteiger partial charge in [-0.15, -0.1) is 0 Å². The summed E-state index contributed by atoms with van der Waals surface area (Å²) < 4.78 is 28.7. The first-order valence-corrected chi connectivity index (χ1v) is 13.1. The first-order chi connectivity index (χ1) is 18.6. The molecule has 3 amide bonds. The van der Waals surface area contributed by atoms with E-state index in [0.717, 1.165) is 0 Å². The standard InChI is InChI=1S/C24H41N3O13/c1-7-13(25-10(4)28)16(31)17(32)23(37-7)40-21-15(27-12(6)30)9(3)38-24(19(21)34)39-20-14(26-11(5)29)8(2)36-22(35)18(20)33/h7-9,13-24,31-35H,1-6H3,(H,25,28)(H,26,29)(H,27,30)/t7-,8-,9-,13-,14-,15-,16+,17+,18+,19+,20+,21+,22+,23-,24-/m1/s1. The Balaban J connectivity index is 1.85. The number of carbonyl (C=O) groups excluding carboxylic acids is 3. The van der Waals surface area contributed by atoms with E-state index in [0.29, 0.717) is 0 Å². The molecule has 3 saturated heterocycles. The maximum atomic E-state index is 12.0. The predicted octanol–water partition coefficient (Wildman–Crippen LogP) is -4.06. The average Bonchev–Trinajstić information content (AvgIpc) is 2.85. The largest absolute Gasteiger partial charge is 0.388 e. The summed E-state index contributed by atoms with van der Waals surface area (Å²) >= 11 is 0. The molecule has 0 saturated carbocycles. The molecule has 3 aliphatic rings. The fourth-order valence-electron chi connectivity index (χ4n) is 5.24. The van der Waals surface area contributed by atoms with Crippen LogP contribution in [0.1, 0.15) is 41.5 Å². The van der Waals surface area contributed by atoms with Crippen LogP contribution in [-0.2, 0) is 38.1 Å². The van der Waals surface area contributed by atoms with Gasteiger partial charge in [0.15, 0.2) is 18.9 Å². The van der Waals surface area contributed by atoms with E-state index >= 15 is 0 Å². The number of hydrogen-bond acceptors (Lipinski definition) is 13. The molecule has 0 spiro atoms. The number of carbonyl (C=O) groups is 3. The van der Waals surface area contributed by atoms with E-state index < -0.39 is 110 Å². The van der Waals surface area contributed by atoms with Gasteiger partial charge in [-0.25, -0.2) is 0 Å². The van der Waals surface area contributed by atoms with E-state index in [1.54, 1.807) is 20.8 Å². The molecule has 0 aromatic carbocycles. The number of rotatable bonds is 7. The summed E-state index contributed by atoms with van der Waals surface area (Å²) in [7, 11) is 0. The van der Waals surface area contributed by atoms with Crippen LogP contribution in [-0.4, -0.2) is 135 Å². The zero-order valence-electron chi connectivity index (χ0n) is 23.2. The Morgan fingerprint density at radius 3 is 1.40 bits per heavy atom. The second-order valence-electron chi connectivity index (χ2n) is 10.5. The quantitative estimate of drug-likeness (QED) is 0.144. The third-order valence-corrected chi connectivity index (χ3v) is 7.21. The third-order valence-electron chi connectivity index (χ3n) is 7.21. The molecule has 15 atom stereocenters. The van der Waals surface area contributed by atoms with Gasteiger partial charge in [0.05, 0.1) is 36.4 Å². The molecular formula is C24H41N3O13. The van der Waals surface area contributed by atoms with E-state index in [1.165, 1.54) is 20.8 Å². The maximum Gasteiger partial charge on any atom is 0.217 e. The van der Waals surface area contributed by atoms with Crippen molar-refractivity contribution in [2.24, 2.45) is 0 Å². The SMILES string of the molecule is CC(=O)N[C@H]1[C@H](O)[C@H](O)[C@@H](O[C@@H]2[C@H](O)[C@@H](O[C@@H]3[C@H](O)[C@@H](O)O[C@H](C)[C@H]3NC(C)=O)O[C@H](C)[C@H]2NC(C)=O)O[C@@H]1C. The van der Waals surface area contributed by atoms with Crippen molar-refractivity contribution in [1.82, 2.24) is 16.0 Å². The van der Waals surface area contributed by atoms with E-state index in [-0.39, 0.29) is 0 Å². The van der Waals surface area contributed by atoms with Crippen LogP contribution in [0.2, 0.25) is 0 Å². The van der Waals surface area contributed by atoms with Crippen LogP contribution in [0, 0.1) is 0 Å². The van der Waals surface area contributed by atoms with Crippen molar-refractivity contribution in [2.45, 2.75) is 133 Å². The lowest BCUT2D eigenvalue weighted by molar-refractivity contribution is -0.352. The van der Waals surface area contributed by atoms with Gasteiger partial charge < -0.3 is 65.2 Å². The molecule has 3 fully saturated rings. The average molecular weight is 580 g/mol. The highest BCUT2D eigenvalue weighted by Gasteiger charge is 2.53. The Morgan fingerprint density at radius 2 is 0.925 bits per heavy atom. The van der Waals surface area contributed by atoms with Gasteiger partial charge >= 0.3 is 0 Å². The first kappa shape index (κ1) is 32.5. The van der Waals surface area contributed by atoms with Crippen molar-refractivity contribution in [2.75, 3.05) is 0 Å². The lowest BCUT2D eigenvalue weighted by Crippen LogP contribution is -2.69. The Morgan fingerprint density at radius 1 is 0.550 bits per heavy atom. The number of amides is 3. The minimum atomic E-state index is -1.68. The number of ether oxygens (including phenoxy) is 5. The zero-order chi connectivity index (χ0) is 30.0. The van der Waals surface area contributed by atoms with Crippen LogP contribution >= 0.6 is 0 Å². The number of aliphatic hydroxyl groups excluding tert-OH is 5. The number of nitrogens with one attached hydrogen (secondary N) is 3. The van der Waals surface area contributed by atoms with Crippen LogP contribution < -0.4 is 16.0 Å². The molecule has 0 aromatic heterocycles. The van der Waals surface area contributed by atoms with Crippen molar-refractivity contribution in [3.63, 3.8) is 0 Å². The van der Waals surface area contributed by atoms with Crippen molar-refractivity contribution >= 4 is 17.7 Å². The number of hydrogen-bond donors (Lipinski definition) is 8. The Kier molecular flexibility index (Phi) is 10.8. The molecule has 3 heterocycles. The van der Waals surface area contributed by atoms with Gasteiger partial charge in [0.2, 0.25) is 17.7 Å². The molecule has 8 N–H and O–H groups in total. The van der Waals surface area contributed by atoms with E-state index in [4.69, 9.17) is 23.7 Å². The smallest absolute Gasteiger partial charge is 0.217 e. The molecule has 0 aromatic rings. The zero-order valence-corrected chi connectivity index (χ0v) is 23.2. The van der Waals surface area contributed by atoms with Crippen molar-refractivity contribution in [1.29, 1.82) is 0 Å². The molecule has 40 heavy (non-hydrogen) atoms. The van der Waals surface area contributed by atoms with Crippen LogP contribution in [0.3, 0.4) is 0 Å². The second-order valence-corrected chi connectivity index (χ2v) is 10.5. The molecule has 0 radical (unpaired) electrons. The topological polar surface area (TPSA) is 235 Å². The van der Waals surface area contributed by atoms with Crippen molar-refractivity contribution in [3.05, 3.63) is 0 Å². The van der Waals surface area contributed by atoms with E-state index in [2.05, 4.69) is 16.0 Å². The molecule has 0 unspecified atom stereocenters. The molecule has 3 rings (SSSR count). The molecule has 3 aliphatic heterocycles. The summed E-state index contributed by atoms with van der Waals surface area (Å²) in [6.45, 7) is 8.40. The normalized spacial score (nSPS) is 45.8. The molecule has 16 nitrogen and oxygen atoms in total. The van der Waals surface area contributed by atoms with E-state index in [9.17, 15) is 39.9 Å². The van der Waals surface area contributed by atoms with Gasteiger partial charge in [-0.1, -0.05) is 0 Å². The Hall–Kier alpha value is -1.99. The van der Waals surface area contributed by atoms with Gasteiger partial charge in [-0.3, -0.25) is 14.4 Å². The molecule has 0 aliphatic carbocycles. The molecule has 0 bridgehead atoms. The van der Waals surface area contributed by atoms with Crippen molar-refractivity contribution < 1.29 is 63.6 Å². The van der Waals surface area contributed by atoms with Crippen LogP contribution in [0.25, 0.3) is 0 Å². The summed E-state index contributed by atoms with van der Waals surface area (Å²) in [5.41, 5.74) is 0. The van der Waals surface area contributed by atoms with Gasteiger partial charge in [0.25, 0.3) is 0 Å². The minimum Gasteiger partial charge on any atom is -0.388 e. The van der Waals surface area contributed by atoms with Crippen molar-refractivity contribution in [3.8, 4) is 0 Å². The molecule has 230 valence electrons. The summed E-state index contributed by atoms with van der Waals surface area (Å²) in [5.74, 6) is -1.39. The fraction of sp³-hybridized carbons (Fsp3) is 0.875. The second kappa shape index (κ2) is 13.3. The Labute approximate surface area is 231 Å². The minimum absolute atomic E-state index is 0.447. The summed E-state index contributed by atoms with van der Waals surface area (Å²) in [5, 5.41) is 61.2. The van der Waals surface area contributed by atoms with Gasteiger partial charge in [-0.2, -0.15) is 0 Å². The van der Waals surface area contributed by atoms with Gasteiger partial charge in [-0.05, 0) is 20.8 Å². The lowest BCUT2D eigenvalue weighted by Gasteiger charge is -2.49. The highest BCUT2D eigenvalue weighted by molar-refractivity contribution is 5.74. The molecular weight excluding hydrogens is 538 g/mol. The summed E-state index contributed by atoms with van der Waals surface area (Å²) in [6.07, 6.45) is -16.3. The van der Waals surface area contributed by atoms with Gasteiger partial charge in [0.1, 0.15) is 36.6 Å². The van der Waals surface area contributed by atoms with Crippen LogP contribution in [0.15, 0.2) is 0 Å². The van der Waals surface area contributed by atoms with Crippen LogP contribution in [0.5, 0.6) is 0 Å². The highest BCUT2D eigenvalue weighted by atomic mass is 16.7. The first-order valence-electron chi connectivity index (χ1n) is 13.1. The third kappa shape index (κ3) is 7.25. The van der Waals surface area contributed by atoms with Crippen LogP contribution in [0.4, 0.5) is 0 Å². The predicted molar refractivity (Wildman–Crippen MR) is 132 cm³/mol.